The summed E-state index contributed by atoms with van der Waals surface area (Å²) in [6, 6.07) is 24.4. The molecule has 5 rings (SSSR count). The lowest BCUT2D eigenvalue weighted by atomic mass is 9.80. The number of benzene rings is 3. The monoisotopic (exact) mass is 528 g/mol. The fourth-order valence-corrected chi connectivity index (χ4v) is 4.51. The molecule has 2 aromatic heterocycles. The van der Waals surface area contributed by atoms with Crippen molar-refractivity contribution in [2.75, 3.05) is 20.0 Å². The van der Waals surface area contributed by atoms with E-state index < -0.39 is 12.7 Å². The summed E-state index contributed by atoms with van der Waals surface area (Å²) in [6.07, 6.45) is 3.28. The molecule has 0 aliphatic carbocycles. The van der Waals surface area contributed by atoms with Crippen LogP contribution in [0.3, 0.4) is 0 Å². The number of aromatic nitrogens is 3. The van der Waals surface area contributed by atoms with Crippen LogP contribution >= 0.6 is 7.14 Å². The van der Waals surface area contributed by atoms with Crippen LogP contribution in [0.4, 0.5) is 0 Å². The SMILES string of the molecule is CCn1c(=O)cc(-c2ccccc2)c2cc(C(N)(c3cccc(O)c3)c3cnc[nH]3)ccc21.CP(C)(C)=O. The Bertz CT molecular complexity index is 1650. The van der Waals surface area contributed by atoms with Crippen molar-refractivity contribution < 1.29 is 9.67 Å². The smallest absolute Gasteiger partial charge is 0.251 e. The average Bonchev–Trinajstić information content (AvgIpc) is 3.43. The molecule has 0 radical (unpaired) electrons. The van der Waals surface area contributed by atoms with Crippen LogP contribution < -0.4 is 11.3 Å². The maximum absolute atomic E-state index is 12.9. The van der Waals surface area contributed by atoms with E-state index in [1.807, 2.05) is 61.5 Å². The van der Waals surface area contributed by atoms with Gasteiger partial charge < -0.3 is 25.0 Å². The topological polar surface area (TPSA) is 114 Å². The van der Waals surface area contributed by atoms with Crippen molar-refractivity contribution in [1.29, 1.82) is 0 Å². The maximum atomic E-state index is 12.9. The van der Waals surface area contributed by atoms with Gasteiger partial charge in [0.2, 0.25) is 0 Å². The number of aryl methyl sites for hydroxylation is 1. The maximum Gasteiger partial charge on any atom is 0.251 e. The molecule has 0 spiro atoms. The number of aromatic amines is 1. The zero-order valence-corrected chi connectivity index (χ0v) is 22.9. The molecule has 0 bridgehead atoms. The number of hydrogen-bond acceptors (Lipinski definition) is 5. The normalized spacial score (nSPS) is 13.0. The van der Waals surface area contributed by atoms with E-state index in [0.717, 1.165) is 33.2 Å². The Kier molecular flexibility index (Phi) is 7.72. The zero-order chi connectivity index (χ0) is 27.5. The highest BCUT2D eigenvalue weighted by Crippen LogP contribution is 2.37. The summed E-state index contributed by atoms with van der Waals surface area (Å²) in [4.78, 5) is 20.2. The molecule has 196 valence electrons. The molecule has 1 atom stereocenters. The number of aromatic hydroxyl groups is 1. The molecular formula is C30H33N4O3P. The minimum atomic E-state index is -1.64. The number of phenols is 1. The van der Waals surface area contributed by atoms with Gasteiger partial charge in [-0.25, -0.2) is 4.98 Å². The Labute approximate surface area is 222 Å². The standard InChI is InChI=1S/C27H24N4O2.C3H9OP/c1-2-31-24-12-11-20(14-23(24)22(15-26(31)33)18-7-4-3-5-8-18)27(28,25-16-29-17-30-25)19-9-6-10-21(32)13-19;1-5(2,3)4/h3-17,32H,2,28H2,1H3,(H,29,30);1-3H3. The van der Waals surface area contributed by atoms with Crippen LogP contribution in [0.2, 0.25) is 0 Å². The first-order valence-corrected chi connectivity index (χ1v) is 15.4. The van der Waals surface area contributed by atoms with Gasteiger partial charge in [-0.15, -0.1) is 0 Å². The number of imidazole rings is 1. The van der Waals surface area contributed by atoms with Crippen LogP contribution in [0.5, 0.6) is 5.75 Å². The fourth-order valence-electron chi connectivity index (χ4n) is 4.51. The summed E-state index contributed by atoms with van der Waals surface area (Å²) >= 11 is 0. The Morgan fingerprint density at radius 3 is 2.26 bits per heavy atom. The number of rotatable bonds is 5. The van der Waals surface area contributed by atoms with E-state index >= 15 is 0 Å². The van der Waals surface area contributed by atoms with E-state index in [2.05, 4.69) is 9.97 Å². The molecule has 3 aromatic carbocycles. The number of hydrogen-bond donors (Lipinski definition) is 3. The number of fused-ring (bicyclic) bond motifs is 1. The number of phenolic OH excluding ortho intramolecular Hbond substituents is 1. The molecule has 0 aliphatic rings. The molecule has 0 fully saturated rings. The van der Waals surface area contributed by atoms with Gasteiger partial charge >= 0.3 is 0 Å². The quantitative estimate of drug-likeness (QED) is 0.257. The lowest BCUT2D eigenvalue weighted by molar-refractivity contribution is 0.472. The van der Waals surface area contributed by atoms with Crippen LogP contribution in [0.15, 0.2) is 96.2 Å². The molecular weight excluding hydrogens is 495 g/mol. The molecule has 8 heteroatoms. The fraction of sp³-hybridized carbons (Fsp3) is 0.200. The molecule has 2 heterocycles. The third-order valence-electron chi connectivity index (χ3n) is 6.19. The summed E-state index contributed by atoms with van der Waals surface area (Å²) in [5, 5.41) is 11.1. The van der Waals surface area contributed by atoms with Crippen LogP contribution in [0, 0.1) is 0 Å². The molecule has 7 nitrogen and oxygen atoms in total. The second-order valence-corrected chi connectivity index (χ2v) is 13.7. The van der Waals surface area contributed by atoms with Crippen LogP contribution in [0.1, 0.15) is 23.7 Å². The first-order chi connectivity index (χ1) is 18.0. The number of nitrogens with two attached hydrogens (primary N) is 1. The van der Waals surface area contributed by atoms with E-state index in [9.17, 15) is 14.5 Å². The highest BCUT2D eigenvalue weighted by molar-refractivity contribution is 7.61. The molecule has 0 saturated carbocycles. The lowest BCUT2D eigenvalue weighted by Crippen LogP contribution is -2.39. The van der Waals surface area contributed by atoms with Gasteiger partial charge in [-0.2, -0.15) is 0 Å². The molecule has 0 amide bonds. The van der Waals surface area contributed by atoms with E-state index in [4.69, 9.17) is 5.73 Å². The van der Waals surface area contributed by atoms with Crippen molar-refractivity contribution in [3.63, 3.8) is 0 Å². The predicted molar refractivity (Wildman–Crippen MR) is 155 cm³/mol. The predicted octanol–water partition coefficient (Wildman–Crippen LogP) is 5.61. The van der Waals surface area contributed by atoms with Crippen molar-refractivity contribution in [1.82, 2.24) is 14.5 Å². The first kappa shape index (κ1) is 27.1. The van der Waals surface area contributed by atoms with Gasteiger partial charge in [-0.3, -0.25) is 4.79 Å². The second kappa shape index (κ2) is 10.8. The second-order valence-electron chi connectivity index (χ2n) is 9.95. The van der Waals surface area contributed by atoms with Crippen LogP contribution in [0.25, 0.3) is 22.0 Å². The molecule has 0 saturated heterocycles. The van der Waals surface area contributed by atoms with E-state index in [1.54, 1.807) is 61.4 Å². The first-order valence-electron chi connectivity index (χ1n) is 12.4. The molecule has 4 N–H and O–H groups in total. The van der Waals surface area contributed by atoms with Crippen molar-refractivity contribution in [3.05, 3.63) is 119 Å². The number of H-pyrrole nitrogens is 1. The Hall–Kier alpha value is -3.93. The Morgan fingerprint density at radius 2 is 1.66 bits per heavy atom. The molecule has 5 aromatic rings. The van der Waals surface area contributed by atoms with E-state index in [1.165, 1.54) is 0 Å². The van der Waals surface area contributed by atoms with Gasteiger partial charge in [0.05, 0.1) is 30.9 Å². The van der Waals surface area contributed by atoms with Crippen molar-refractivity contribution in [3.8, 4) is 16.9 Å². The van der Waals surface area contributed by atoms with Gasteiger partial charge in [-0.05, 0) is 73.4 Å². The van der Waals surface area contributed by atoms with Gasteiger partial charge in [0, 0.05) is 18.0 Å². The van der Waals surface area contributed by atoms with Crippen LogP contribution in [-0.4, -0.2) is 39.6 Å². The Balaban J connectivity index is 0.000000617. The number of pyridine rings is 1. The summed E-state index contributed by atoms with van der Waals surface area (Å²) in [5.41, 5.74) is 10.8. The highest BCUT2D eigenvalue weighted by Gasteiger charge is 2.34. The van der Waals surface area contributed by atoms with E-state index in [0.29, 0.717) is 12.2 Å². The zero-order valence-electron chi connectivity index (χ0n) is 22.1. The minimum absolute atomic E-state index is 0.0443. The summed E-state index contributed by atoms with van der Waals surface area (Å²) in [6.45, 7) is 7.75. The van der Waals surface area contributed by atoms with Gasteiger partial charge in [0.1, 0.15) is 11.3 Å². The van der Waals surface area contributed by atoms with Crippen molar-refractivity contribution >= 4 is 18.0 Å². The Morgan fingerprint density at radius 1 is 0.974 bits per heavy atom. The lowest BCUT2D eigenvalue weighted by Gasteiger charge is -2.30. The third-order valence-corrected chi connectivity index (χ3v) is 6.19. The molecule has 38 heavy (non-hydrogen) atoms. The van der Waals surface area contributed by atoms with Gasteiger partial charge in [-0.1, -0.05) is 48.5 Å². The van der Waals surface area contributed by atoms with Gasteiger partial charge in [0.25, 0.3) is 5.56 Å². The third kappa shape index (κ3) is 5.64. The number of nitrogens with zero attached hydrogens (tertiary/aromatic N) is 2. The largest absolute Gasteiger partial charge is 0.508 e. The summed E-state index contributed by atoms with van der Waals surface area (Å²) in [7, 11) is -1.64. The summed E-state index contributed by atoms with van der Waals surface area (Å²) in [5.74, 6) is 0.132. The van der Waals surface area contributed by atoms with Crippen LogP contribution in [-0.2, 0) is 16.6 Å². The average molecular weight is 529 g/mol. The van der Waals surface area contributed by atoms with Gasteiger partial charge in [0.15, 0.2) is 0 Å². The van der Waals surface area contributed by atoms with E-state index in [-0.39, 0.29) is 11.3 Å². The number of nitrogens with one attached hydrogen (secondary N) is 1. The van der Waals surface area contributed by atoms with Crippen molar-refractivity contribution in [2.24, 2.45) is 5.73 Å². The molecule has 0 aliphatic heterocycles. The summed E-state index contributed by atoms with van der Waals surface area (Å²) < 4.78 is 12.0. The molecule has 1 unspecified atom stereocenters. The minimum Gasteiger partial charge on any atom is -0.508 e. The highest BCUT2D eigenvalue weighted by atomic mass is 31.2. The van der Waals surface area contributed by atoms with Crippen molar-refractivity contribution in [2.45, 2.75) is 19.0 Å².